The van der Waals surface area contributed by atoms with Gasteiger partial charge in [0.25, 0.3) is 0 Å². The molecular weight excluding hydrogens is 226 g/mol. The molecule has 0 spiro atoms. The van der Waals surface area contributed by atoms with Crippen LogP contribution < -0.4 is 0 Å². The molecule has 0 fully saturated rings. The van der Waals surface area contributed by atoms with E-state index >= 15 is 0 Å². The third-order valence-electron chi connectivity index (χ3n) is 2.01. The van der Waals surface area contributed by atoms with Crippen LogP contribution in [-0.4, -0.2) is 29.2 Å². The standard InChI is InChI=1S/C10H11N3O2S/c1-14-10(15-2)7-3-4-11-9(13-7)8-5-16-6-12-8/h3-6,10H,1-2H3. The average molecular weight is 237 g/mol. The van der Waals surface area contributed by atoms with Gasteiger partial charge in [0, 0.05) is 25.8 Å². The number of hydrogen-bond donors (Lipinski definition) is 0. The Morgan fingerprint density at radius 3 is 2.69 bits per heavy atom. The van der Waals surface area contributed by atoms with Gasteiger partial charge in [0.2, 0.25) is 6.29 Å². The molecule has 0 bridgehead atoms. The maximum atomic E-state index is 5.13. The second-order valence-corrected chi connectivity index (χ2v) is 3.70. The molecule has 2 aromatic rings. The fourth-order valence-corrected chi connectivity index (χ4v) is 1.82. The Morgan fingerprint density at radius 1 is 1.25 bits per heavy atom. The Hall–Kier alpha value is -1.37. The largest absolute Gasteiger partial charge is 0.350 e. The number of methoxy groups -OCH3 is 2. The summed E-state index contributed by atoms with van der Waals surface area (Å²) in [6.45, 7) is 0. The molecule has 0 unspecified atom stereocenters. The fraction of sp³-hybridized carbons (Fsp3) is 0.300. The quantitative estimate of drug-likeness (QED) is 0.760. The van der Waals surface area contributed by atoms with Crippen molar-refractivity contribution in [3.05, 3.63) is 28.8 Å². The first-order valence-electron chi connectivity index (χ1n) is 4.62. The summed E-state index contributed by atoms with van der Waals surface area (Å²) in [6.07, 6.45) is 1.20. The number of nitrogens with zero attached hydrogens (tertiary/aromatic N) is 3. The Kier molecular flexibility index (Phi) is 3.55. The average Bonchev–Trinajstić information content (AvgIpc) is 2.85. The highest BCUT2D eigenvalue weighted by atomic mass is 32.1. The van der Waals surface area contributed by atoms with Crippen molar-refractivity contribution in [2.75, 3.05) is 14.2 Å². The molecule has 0 saturated carbocycles. The topological polar surface area (TPSA) is 57.1 Å². The molecule has 0 aliphatic rings. The van der Waals surface area contributed by atoms with E-state index in [0.29, 0.717) is 11.5 Å². The lowest BCUT2D eigenvalue weighted by molar-refractivity contribution is -0.108. The number of aromatic nitrogens is 3. The van der Waals surface area contributed by atoms with Gasteiger partial charge in [0.15, 0.2) is 5.82 Å². The van der Waals surface area contributed by atoms with E-state index in [2.05, 4.69) is 15.0 Å². The minimum absolute atomic E-state index is 0.472. The van der Waals surface area contributed by atoms with Crippen LogP contribution in [0.25, 0.3) is 11.5 Å². The van der Waals surface area contributed by atoms with Gasteiger partial charge >= 0.3 is 0 Å². The zero-order valence-corrected chi connectivity index (χ0v) is 9.77. The molecule has 0 aliphatic carbocycles. The van der Waals surface area contributed by atoms with Crippen LogP contribution in [0, 0.1) is 0 Å². The van der Waals surface area contributed by atoms with Crippen LogP contribution in [-0.2, 0) is 9.47 Å². The van der Waals surface area contributed by atoms with E-state index in [9.17, 15) is 0 Å². The minimum Gasteiger partial charge on any atom is -0.350 e. The maximum absolute atomic E-state index is 5.13. The van der Waals surface area contributed by atoms with Gasteiger partial charge in [-0.1, -0.05) is 0 Å². The molecular formula is C10H11N3O2S. The summed E-state index contributed by atoms with van der Waals surface area (Å²) < 4.78 is 10.3. The molecule has 6 heteroatoms. The van der Waals surface area contributed by atoms with Crippen LogP contribution in [0.5, 0.6) is 0 Å². The molecule has 0 radical (unpaired) electrons. The lowest BCUT2D eigenvalue weighted by atomic mass is 10.3. The van der Waals surface area contributed by atoms with Crippen molar-refractivity contribution in [3.8, 4) is 11.5 Å². The van der Waals surface area contributed by atoms with E-state index in [-0.39, 0.29) is 0 Å². The number of rotatable bonds is 4. The first-order valence-corrected chi connectivity index (χ1v) is 5.56. The lowest BCUT2D eigenvalue weighted by Crippen LogP contribution is -2.07. The van der Waals surface area contributed by atoms with Crippen LogP contribution in [0.4, 0.5) is 0 Å². The van der Waals surface area contributed by atoms with Crippen molar-refractivity contribution in [3.63, 3.8) is 0 Å². The van der Waals surface area contributed by atoms with Crippen molar-refractivity contribution >= 4 is 11.3 Å². The molecule has 0 atom stereocenters. The van der Waals surface area contributed by atoms with Gasteiger partial charge in [0.1, 0.15) is 11.4 Å². The summed E-state index contributed by atoms with van der Waals surface area (Å²) in [5.74, 6) is 0.581. The molecule has 2 heterocycles. The van der Waals surface area contributed by atoms with E-state index in [1.807, 2.05) is 5.38 Å². The van der Waals surface area contributed by atoms with E-state index in [1.165, 1.54) is 11.3 Å². The summed E-state index contributed by atoms with van der Waals surface area (Å²) >= 11 is 1.51. The monoisotopic (exact) mass is 237 g/mol. The van der Waals surface area contributed by atoms with E-state index in [4.69, 9.17) is 9.47 Å². The normalized spacial score (nSPS) is 10.9. The number of hydrogen-bond acceptors (Lipinski definition) is 6. The molecule has 16 heavy (non-hydrogen) atoms. The molecule has 0 amide bonds. The van der Waals surface area contributed by atoms with Crippen molar-refractivity contribution in [1.29, 1.82) is 0 Å². The first-order chi connectivity index (χ1) is 7.85. The third kappa shape index (κ3) is 2.24. The zero-order chi connectivity index (χ0) is 11.4. The van der Waals surface area contributed by atoms with Crippen molar-refractivity contribution < 1.29 is 9.47 Å². The number of thiazole rings is 1. The van der Waals surface area contributed by atoms with E-state index in [1.54, 1.807) is 32.0 Å². The zero-order valence-electron chi connectivity index (χ0n) is 8.95. The summed E-state index contributed by atoms with van der Waals surface area (Å²) in [6, 6.07) is 1.76. The molecule has 0 N–H and O–H groups in total. The van der Waals surface area contributed by atoms with Crippen LogP contribution in [0.1, 0.15) is 12.0 Å². The fourth-order valence-electron chi connectivity index (χ4n) is 1.29. The second kappa shape index (κ2) is 5.11. The molecule has 2 rings (SSSR count). The van der Waals surface area contributed by atoms with Gasteiger partial charge in [-0.3, -0.25) is 0 Å². The molecule has 0 aliphatic heterocycles. The Balaban J connectivity index is 2.33. The molecule has 2 aromatic heterocycles. The molecule has 0 aromatic carbocycles. The second-order valence-electron chi connectivity index (χ2n) is 2.98. The van der Waals surface area contributed by atoms with Crippen LogP contribution >= 0.6 is 11.3 Å². The molecule has 5 nitrogen and oxygen atoms in total. The van der Waals surface area contributed by atoms with Gasteiger partial charge in [0.05, 0.1) is 5.51 Å². The first kappa shape index (κ1) is 11.1. The summed E-state index contributed by atoms with van der Waals surface area (Å²) in [4.78, 5) is 12.6. The minimum atomic E-state index is -0.472. The highest BCUT2D eigenvalue weighted by molar-refractivity contribution is 7.07. The Labute approximate surface area is 97.1 Å². The third-order valence-corrected chi connectivity index (χ3v) is 2.59. The van der Waals surface area contributed by atoms with Crippen molar-refractivity contribution in [2.24, 2.45) is 0 Å². The van der Waals surface area contributed by atoms with Gasteiger partial charge in [-0.05, 0) is 6.07 Å². The van der Waals surface area contributed by atoms with Crippen LogP contribution in [0.3, 0.4) is 0 Å². The summed E-state index contributed by atoms with van der Waals surface area (Å²) in [5, 5.41) is 1.90. The van der Waals surface area contributed by atoms with Crippen LogP contribution in [0.15, 0.2) is 23.2 Å². The highest BCUT2D eigenvalue weighted by Crippen LogP contribution is 2.19. The van der Waals surface area contributed by atoms with E-state index < -0.39 is 6.29 Å². The molecule has 84 valence electrons. The van der Waals surface area contributed by atoms with Gasteiger partial charge in [-0.25, -0.2) is 15.0 Å². The van der Waals surface area contributed by atoms with Crippen molar-refractivity contribution in [2.45, 2.75) is 6.29 Å². The Bertz CT molecular complexity index is 443. The Morgan fingerprint density at radius 2 is 2.06 bits per heavy atom. The summed E-state index contributed by atoms with van der Waals surface area (Å²) in [5.41, 5.74) is 3.19. The molecule has 0 saturated heterocycles. The predicted octanol–water partition coefficient (Wildman–Crippen LogP) is 1.89. The smallest absolute Gasteiger partial charge is 0.200 e. The van der Waals surface area contributed by atoms with Crippen molar-refractivity contribution in [1.82, 2.24) is 15.0 Å². The number of ether oxygens (including phenoxy) is 2. The van der Waals surface area contributed by atoms with Gasteiger partial charge < -0.3 is 9.47 Å². The van der Waals surface area contributed by atoms with Crippen LogP contribution in [0.2, 0.25) is 0 Å². The van der Waals surface area contributed by atoms with Gasteiger partial charge in [-0.2, -0.15) is 0 Å². The van der Waals surface area contributed by atoms with E-state index in [0.717, 1.165) is 5.69 Å². The predicted molar refractivity (Wildman–Crippen MR) is 59.9 cm³/mol. The van der Waals surface area contributed by atoms with Gasteiger partial charge in [-0.15, -0.1) is 11.3 Å². The summed E-state index contributed by atoms with van der Waals surface area (Å²) in [7, 11) is 3.14. The maximum Gasteiger partial charge on any atom is 0.200 e. The SMILES string of the molecule is COC(OC)c1ccnc(-c2cscn2)n1. The lowest BCUT2D eigenvalue weighted by Gasteiger charge is -2.12. The highest BCUT2D eigenvalue weighted by Gasteiger charge is 2.12.